The lowest BCUT2D eigenvalue weighted by Gasteiger charge is -2.31. The van der Waals surface area contributed by atoms with Gasteiger partial charge >= 0.3 is 5.97 Å². The Labute approximate surface area is 205 Å². The number of aromatic nitrogens is 3. The number of ether oxygens (including phenoxy) is 3. The summed E-state index contributed by atoms with van der Waals surface area (Å²) in [5.41, 5.74) is 5.15. The van der Waals surface area contributed by atoms with Crippen LogP contribution in [-0.4, -0.2) is 28.1 Å². The number of nitrogens with zero attached hydrogens (tertiary/aromatic N) is 3. The van der Waals surface area contributed by atoms with Gasteiger partial charge < -0.3 is 14.2 Å². The molecule has 0 saturated carbocycles. The zero-order chi connectivity index (χ0) is 24.1. The molecule has 0 spiro atoms. The number of fused-ring (bicyclic) bond motifs is 3. The minimum absolute atomic E-state index is 0.0981. The van der Waals surface area contributed by atoms with Crippen molar-refractivity contribution in [1.29, 1.82) is 0 Å². The van der Waals surface area contributed by atoms with Crippen molar-refractivity contribution >= 4 is 21.9 Å². The molecule has 1 aliphatic heterocycles. The molecule has 0 radical (unpaired) electrons. The Morgan fingerprint density at radius 3 is 2.85 bits per heavy atom. The Morgan fingerprint density at radius 1 is 1.29 bits per heavy atom. The summed E-state index contributed by atoms with van der Waals surface area (Å²) in [5, 5.41) is 8.04. The third kappa shape index (κ3) is 3.57. The van der Waals surface area contributed by atoms with E-state index in [4.69, 9.17) is 14.2 Å². The molecule has 3 aromatic rings. The highest BCUT2D eigenvalue weighted by molar-refractivity contribution is 9.10. The van der Waals surface area contributed by atoms with Crippen LogP contribution in [0.4, 0.5) is 4.39 Å². The summed E-state index contributed by atoms with van der Waals surface area (Å²) in [7, 11) is 1.52. The second-order valence-electron chi connectivity index (χ2n) is 8.90. The van der Waals surface area contributed by atoms with Crippen molar-refractivity contribution in [3.63, 3.8) is 0 Å². The van der Waals surface area contributed by atoms with Crippen molar-refractivity contribution in [3.8, 4) is 17.2 Å². The first kappa shape index (κ1) is 22.8. The van der Waals surface area contributed by atoms with Crippen molar-refractivity contribution in [3.05, 3.63) is 62.6 Å². The van der Waals surface area contributed by atoms with Crippen LogP contribution in [-0.2, 0) is 22.6 Å². The normalized spacial score (nSPS) is 21.1. The number of hydrogen-bond acceptors (Lipinski definition) is 6. The van der Waals surface area contributed by atoms with E-state index in [9.17, 15) is 9.18 Å². The first-order chi connectivity index (χ1) is 16.3. The molecule has 34 heavy (non-hydrogen) atoms. The van der Waals surface area contributed by atoms with Gasteiger partial charge in [0.1, 0.15) is 41.4 Å². The van der Waals surface area contributed by atoms with E-state index in [0.717, 1.165) is 29.5 Å². The van der Waals surface area contributed by atoms with Crippen LogP contribution in [0, 0.1) is 31.5 Å². The van der Waals surface area contributed by atoms with Gasteiger partial charge in [0.2, 0.25) is 0 Å². The fourth-order valence-corrected chi connectivity index (χ4v) is 5.79. The molecule has 0 N–H and O–H groups in total. The van der Waals surface area contributed by atoms with E-state index in [2.05, 4.69) is 33.2 Å². The maximum Gasteiger partial charge on any atom is 0.309 e. The Bertz CT molecular complexity index is 1290. The molecule has 7 nitrogen and oxygen atoms in total. The second kappa shape index (κ2) is 8.69. The Hall–Kier alpha value is -2.94. The summed E-state index contributed by atoms with van der Waals surface area (Å²) in [6.45, 7) is 6.13. The molecule has 1 saturated heterocycles. The van der Waals surface area contributed by atoms with Gasteiger partial charge in [0.25, 0.3) is 0 Å². The van der Waals surface area contributed by atoms with Gasteiger partial charge in [-0.05, 0) is 77.5 Å². The van der Waals surface area contributed by atoms with E-state index < -0.39 is 5.82 Å². The van der Waals surface area contributed by atoms with Crippen LogP contribution in [0.5, 0.6) is 11.5 Å². The van der Waals surface area contributed by atoms with Gasteiger partial charge in [0, 0.05) is 11.5 Å². The van der Waals surface area contributed by atoms with Crippen molar-refractivity contribution in [2.75, 3.05) is 7.11 Å². The molecule has 2 aliphatic rings. The van der Waals surface area contributed by atoms with Crippen LogP contribution in [0.1, 0.15) is 47.4 Å². The number of carbonyl (C=O) groups excluding carboxylic acids is 1. The van der Waals surface area contributed by atoms with Crippen LogP contribution < -0.4 is 9.47 Å². The SMILES string of the molecule is COc1ccc(F)c(-n2nncc2COc2cc(C)c3c(c2C)[C@@H]2OC(=O)[C@@H](C)[C@@H]2CC3)c1Br. The molecule has 2 aromatic carbocycles. The molecular weight excluding hydrogens is 505 g/mol. The largest absolute Gasteiger partial charge is 0.495 e. The molecule has 0 bridgehead atoms. The van der Waals surface area contributed by atoms with Crippen LogP contribution >= 0.6 is 15.9 Å². The highest BCUT2D eigenvalue weighted by Gasteiger charge is 2.46. The minimum atomic E-state index is -0.469. The van der Waals surface area contributed by atoms with Crippen LogP contribution in [0.2, 0.25) is 0 Å². The number of benzene rings is 2. The first-order valence-electron chi connectivity index (χ1n) is 11.2. The first-order valence-corrected chi connectivity index (χ1v) is 12.0. The fraction of sp³-hybridized carbons (Fsp3) is 0.400. The number of hydrogen-bond donors (Lipinski definition) is 0. The van der Waals surface area contributed by atoms with Gasteiger partial charge in [-0.2, -0.15) is 0 Å². The smallest absolute Gasteiger partial charge is 0.309 e. The molecule has 0 amide bonds. The standard InChI is InChI=1S/C25H25BrFN3O4/c1-12-9-20(14(3)21-16(12)5-6-17-13(2)25(31)34-24(17)21)33-11-15-10-28-29-30(15)23-18(27)7-8-19(32-4)22(23)26/h7-10,13,17,24H,5-6,11H2,1-4H3/t13-,17-,24+/m0/s1. The molecule has 178 valence electrons. The monoisotopic (exact) mass is 529 g/mol. The number of methoxy groups -OCH3 is 1. The van der Waals surface area contributed by atoms with Crippen molar-refractivity contribution in [2.24, 2.45) is 11.8 Å². The summed E-state index contributed by atoms with van der Waals surface area (Å²) in [4.78, 5) is 12.3. The highest BCUT2D eigenvalue weighted by atomic mass is 79.9. The molecule has 0 unspecified atom stereocenters. The maximum atomic E-state index is 14.7. The van der Waals surface area contributed by atoms with Gasteiger partial charge in [-0.25, -0.2) is 9.07 Å². The molecule has 3 atom stereocenters. The predicted molar refractivity (Wildman–Crippen MR) is 126 cm³/mol. The number of esters is 1. The second-order valence-corrected chi connectivity index (χ2v) is 9.69. The van der Waals surface area contributed by atoms with Crippen molar-refractivity contribution in [2.45, 2.75) is 46.3 Å². The van der Waals surface area contributed by atoms with E-state index in [-0.39, 0.29) is 36.2 Å². The lowest BCUT2D eigenvalue weighted by Crippen LogP contribution is -2.22. The summed E-state index contributed by atoms with van der Waals surface area (Å²) in [5.74, 6) is 0.669. The molecule has 9 heteroatoms. The number of rotatable bonds is 5. The van der Waals surface area contributed by atoms with E-state index >= 15 is 0 Å². The number of halogens is 2. The third-order valence-electron chi connectivity index (χ3n) is 7.04. The van der Waals surface area contributed by atoms with Crippen LogP contribution in [0.15, 0.2) is 28.9 Å². The highest BCUT2D eigenvalue weighted by Crippen LogP contribution is 2.49. The molecule has 1 fully saturated rings. The van der Waals surface area contributed by atoms with Crippen LogP contribution in [0.25, 0.3) is 5.69 Å². The van der Waals surface area contributed by atoms with E-state index in [1.165, 1.54) is 23.4 Å². The van der Waals surface area contributed by atoms with Crippen LogP contribution in [0.3, 0.4) is 0 Å². The maximum absolute atomic E-state index is 14.7. The molecule has 2 heterocycles. The molecule has 1 aromatic heterocycles. The Balaban J connectivity index is 1.47. The zero-order valence-electron chi connectivity index (χ0n) is 19.4. The quantitative estimate of drug-likeness (QED) is 0.424. The van der Waals surface area contributed by atoms with Crippen molar-refractivity contribution < 1.29 is 23.4 Å². The van der Waals surface area contributed by atoms with E-state index in [1.807, 2.05) is 19.9 Å². The van der Waals surface area contributed by atoms with Gasteiger partial charge in [-0.3, -0.25) is 4.79 Å². The van der Waals surface area contributed by atoms with Gasteiger partial charge in [-0.1, -0.05) is 12.1 Å². The van der Waals surface area contributed by atoms with E-state index in [1.54, 1.807) is 12.3 Å². The third-order valence-corrected chi connectivity index (χ3v) is 7.81. The lowest BCUT2D eigenvalue weighted by molar-refractivity contribution is -0.144. The number of aryl methyl sites for hydroxylation is 1. The molecule has 1 aliphatic carbocycles. The zero-order valence-corrected chi connectivity index (χ0v) is 21.0. The topological polar surface area (TPSA) is 75.5 Å². The summed E-state index contributed by atoms with van der Waals surface area (Å²) < 4.78 is 33.9. The lowest BCUT2D eigenvalue weighted by atomic mass is 9.74. The summed E-state index contributed by atoms with van der Waals surface area (Å²) in [6, 6.07) is 4.88. The fourth-order valence-electron chi connectivity index (χ4n) is 5.14. The summed E-state index contributed by atoms with van der Waals surface area (Å²) in [6.07, 6.45) is 3.17. The van der Waals surface area contributed by atoms with Gasteiger partial charge in [-0.15, -0.1) is 5.10 Å². The van der Waals surface area contributed by atoms with E-state index in [0.29, 0.717) is 21.7 Å². The predicted octanol–water partition coefficient (Wildman–Crippen LogP) is 5.17. The number of carbonyl (C=O) groups is 1. The minimum Gasteiger partial charge on any atom is -0.495 e. The van der Waals surface area contributed by atoms with Gasteiger partial charge in [0.15, 0.2) is 0 Å². The Morgan fingerprint density at radius 2 is 2.09 bits per heavy atom. The van der Waals surface area contributed by atoms with Crippen molar-refractivity contribution in [1.82, 2.24) is 15.0 Å². The van der Waals surface area contributed by atoms with Gasteiger partial charge in [0.05, 0.1) is 23.7 Å². The molecular formula is C25H25BrFN3O4. The average molecular weight is 530 g/mol. The molecule has 5 rings (SSSR count). The average Bonchev–Trinajstić information content (AvgIpc) is 3.39. The summed E-state index contributed by atoms with van der Waals surface area (Å²) >= 11 is 3.41. The Kier molecular flexibility index (Phi) is 5.83.